The highest BCUT2D eigenvalue weighted by Crippen LogP contribution is 2.21. The largest absolute Gasteiger partial charge is 0.490 e. The van der Waals surface area contributed by atoms with E-state index in [1.165, 1.54) is 0 Å². The molecule has 3 rings (SSSR count). The summed E-state index contributed by atoms with van der Waals surface area (Å²) in [5.74, 6) is -2.64. The van der Waals surface area contributed by atoms with Gasteiger partial charge in [0.2, 0.25) is 10.0 Å². The maximum absolute atomic E-state index is 13.0. The van der Waals surface area contributed by atoms with E-state index in [9.17, 15) is 26.4 Å². The lowest BCUT2D eigenvalue weighted by molar-refractivity contribution is -0.192. The molecule has 182 valence electrons. The quantitative estimate of drug-likeness (QED) is 0.662. The molecular weight excluding hydrogens is 465 g/mol. The van der Waals surface area contributed by atoms with Crippen molar-refractivity contribution >= 4 is 21.9 Å². The van der Waals surface area contributed by atoms with Crippen molar-refractivity contribution in [2.24, 2.45) is 5.92 Å². The van der Waals surface area contributed by atoms with Crippen molar-refractivity contribution in [1.29, 1.82) is 0 Å². The number of carboxylic acid groups (broad SMARTS) is 1. The zero-order valence-corrected chi connectivity index (χ0v) is 18.9. The van der Waals surface area contributed by atoms with Crippen LogP contribution in [0.4, 0.5) is 13.2 Å². The zero-order valence-electron chi connectivity index (χ0n) is 18.0. The number of carbonyl (C=O) groups is 2. The maximum Gasteiger partial charge on any atom is 0.490 e. The number of halogens is 3. The van der Waals surface area contributed by atoms with E-state index in [0.717, 1.165) is 24.1 Å². The lowest BCUT2D eigenvalue weighted by Crippen LogP contribution is -2.35. The molecule has 0 aliphatic carbocycles. The third-order valence-corrected chi connectivity index (χ3v) is 5.51. The monoisotopic (exact) mass is 490 g/mol. The van der Waals surface area contributed by atoms with Crippen molar-refractivity contribution in [2.75, 3.05) is 19.3 Å². The van der Waals surface area contributed by atoms with Gasteiger partial charge in [-0.1, -0.05) is 0 Å². The van der Waals surface area contributed by atoms with E-state index in [4.69, 9.17) is 9.90 Å². The first kappa shape index (κ1) is 26.3. The first-order valence-electron chi connectivity index (χ1n) is 9.86. The number of carbonyl (C=O) groups excluding carboxylic acids is 1. The molecule has 2 aromatic heterocycles. The van der Waals surface area contributed by atoms with Gasteiger partial charge in [-0.3, -0.25) is 9.78 Å². The summed E-state index contributed by atoms with van der Waals surface area (Å²) >= 11 is 0. The number of fused-ring (bicyclic) bond motifs is 1. The second-order valence-corrected chi connectivity index (χ2v) is 9.55. The van der Waals surface area contributed by atoms with Crippen LogP contribution in [0.5, 0.6) is 0 Å². The molecule has 1 atom stereocenters. The summed E-state index contributed by atoms with van der Waals surface area (Å²) in [5.41, 5.74) is 2.61. The molecule has 2 N–H and O–H groups in total. The topological polar surface area (TPSA) is 122 Å². The number of nitrogens with zero attached hydrogens (tertiary/aromatic N) is 3. The number of sulfonamides is 1. The summed E-state index contributed by atoms with van der Waals surface area (Å²) in [6.07, 6.45) is 2.07. The second-order valence-electron chi connectivity index (χ2n) is 7.71. The minimum atomic E-state index is -5.08. The average molecular weight is 491 g/mol. The molecule has 0 fully saturated rings. The Morgan fingerprint density at radius 3 is 2.52 bits per heavy atom. The first-order chi connectivity index (χ1) is 15.3. The summed E-state index contributed by atoms with van der Waals surface area (Å²) in [6, 6.07) is 5.84. The third kappa shape index (κ3) is 8.50. The van der Waals surface area contributed by atoms with E-state index in [1.54, 1.807) is 12.4 Å². The van der Waals surface area contributed by atoms with Gasteiger partial charge in [0.05, 0.1) is 18.4 Å². The van der Waals surface area contributed by atoms with Gasteiger partial charge in [-0.25, -0.2) is 17.9 Å². The highest BCUT2D eigenvalue weighted by molar-refractivity contribution is 7.88. The summed E-state index contributed by atoms with van der Waals surface area (Å²) in [5, 5.41) is 7.12. The van der Waals surface area contributed by atoms with Crippen molar-refractivity contribution in [3.8, 4) is 0 Å². The Morgan fingerprint density at radius 2 is 1.94 bits per heavy atom. The van der Waals surface area contributed by atoms with Gasteiger partial charge in [0.1, 0.15) is 0 Å². The van der Waals surface area contributed by atoms with Crippen LogP contribution in [0.3, 0.4) is 0 Å². The molecule has 1 aliphatic rings. The van der Waals surface area contributed by atoms with Gasteiger partial charge in [0, 0.05) is 43.9 Å². The Bertz CT molecular complexity index is 1090. The Morgan fingerprint density at radius 1 is 1.27 bits per heavy atom. The maximum atomic E-state index is 13.0. The van der Waals surface area contributed by atoms with E-state index in [1.807, 2.05) is 36.2 Å². The van der Waals surface area contributed by atoms with Crippen LogP contribution in [0.25, 0.3) is 0 Å². The number of pyridine rings is 1. The minimum Gasteiger partial charge on any atom is -0.475 e. The van der Waals surface area contributed by atoms with Crippen molar-refractivity contribution in [3.05, 3.63) is 53.6 Å². The fraction of sp³-hybridized carbons (Fsp3) is 0.450. The predicted molar refractivity (Wildman–Crippen MR) is 113 cm³/mol. The number of carboxylic acids is 1. The van der Waals surface area contributed by atoms with E-state index in [-0.39, 0.29) is 11.8 Å². The van der Waals surface area contributed by atoms with E-state index in [2.05, 4.69) is 14.3 Å². The Hall–Kier alpha value is -2.93. The van der Waals surface area contributed by atoms with Crippen molar-refractivity contribution in [1.82, 2.24) is 19.2 Å². The normalized spacial score (nSPS) is 16.3. The van der Waals surface area contributed by atoms with Gasteiger partial charge >= 0.3 is 12.1 Å². The number of aliphatic carboxylic acids is 1. The molecule has 0 saturated heterocycles. The summed E-state index contributed by atoms with van der Waals surface area (Å²) < 4.78 is 59.0. The Kier molecular flexibility index (Phi) is 8.61. The van der Waals surface area contributed by atoms with Gasteiger partial charge in [-0.15, -0.1) is 0 Å². The first-order valence-corrected chi connectivity index (χ1v) is 11.7. The highest BCUT2D eigenvalue weighted by Gasteiger charge is 2.38. The van der Waals surface area contributed by atoms with Gasteiger partial charge in [-0.2, -0.15) is 13.2 Å². The standard InChI is InChI=1S/C18H24N4O3S.C2HF3O2/c1-14-8-16(10-19-9-14)18(23)22-12-15(5-6-20-26(2,24)25)11-21-7-3-4-17(21)13-22;3-2(4,5)1(6)7/h3-4,7-10,15,20H,5-6,11-13H2,1-2H3;(H,6,7). The predicted octanol–water partition coefficient (Wildman–Crippen LogP) is 2.04. The van der Waals surface area contributed by atoms with E-state index < -0.39 is 22.2 Å². The third-order valence-electron chi connectivity index (χ3n) is 4.78. The molecule has 2 aromatic rings. The number of aromatic nitrogens is 2. The molecule has 0 bridgehead atoms. The van der Waals surface area contributed by atoms with E-state index >= 15 is 0 Å². The zero-order chi connectivity index (χ0) is 24.8. The molecule has 33 heavy (non-hydrogen) atoms. The lowest BCUT2D eigenvalue weighted by Gasteiger charge is -2.24. The average Bonchev–Trinajstić information content (AvgIpc) is 3.04. The lowest BCUT2D eigenvalue weighted by atomic mass is 10.0. The Balaban J connectivity index is 0.000000479. The van der Waals surface area contributed by atoms with E-state index in [0.29, 0.717) is 31.6 Å². The minimum absolute atomic E-state index is 0.0445. The van der Waals surface area contributed by atoms with Gasteiger partial charge in [0.25, 0.3) is 5.91 Å². The van der Waals surface area contributed by atoms with Crippen molar-refractivity contribution < 1.29 is 36.3 Å². The number of nitrogens with one attached hydrogen (secondary N) is 1. The molecule has 9 nitrogen and oxygen atoms in total. The SMILES string of the molecule is Cc1cncc(C(=O)N2Cc3cccn3CC(CCNS(C)(=O)=O)C2)c1.O=C(O)C(F)(F)F. The number of aryl methyl sites for hydroxylation is 1. The van der Waals surface area contributed by atoms with Gasteiger partial charge in [0.15, 0.2) is 0 Å². The van der Waals surface area contributed by atoms with Crippen LogP contribution in [0, 0.1) is 12.8 Å². The van der Waals surface area contributed by atoms with Crippen molar-refractivity contribution in [3.63, 3.8) is 0 Å². The van der Waals surface area contributed by atoms with Gasteiger partial charge < -0.3 is 14.6 Å². The van der Waals surface area contributed by atoms with Crippen LogP contribution in [0.15, 0.2) is 36.8 Å². The molecule has 0 saturated carbocycles. The summed E-state index contributed by atoms with van der Waals surface area (Å²) in [6.45, 7) is 4.17. The fourth-order valence-electron chi connectivity index (χ4n) is 3.32. The molecule has 0 radical (unpaired) electrons. The van der Waals surface area contributed by atoms with Crippen LogP contribution < -0.4 is 4.72 Å². The molecule has 13 heteroatoms. The Labute approximate surface area is 189 Å². The summed E-state index contributed by atoms with van der Waals surface area (Å²) in [4.78, 5) is 27.8. The van der Waals surface area contributed by atoms with Crippen LogP contribution in [-0.4, -0.2) is 65.4 Å². The number of amides is 1. The molecule has 1 amide bonds. The fourth-order valence-corrected chi connectivity index (χ4v) is 3.81. The number of hydrogen-bond donors (Lipinski definition) is 2. The highest BCUT2D eigenvalue weighted by atomic mass is 32.2. The summed E-state index contributed by atoms with van der Waals surface area (Å²) in [7, 11) is -3.21. The van der Waals surface area contributed by atoms with Gasteiger partial charge in [-0.05, 0) is 43.0 Å². The number of rotatable bonds is 5. The molecule has 1 unspecified atom stereocenters. The van der Waals surface area contributed by atoms with Crippen molar-refractivity contribution in [2.45, 2.75) is 32.6 Å². The number of alkyl halides is 3. The molecule has 3 heterocycles. The second kappa shape index (κ2) is 10.8. The van der Waals surface area contributed by atoms with Crippen LogP contribution in [0.1, 0.15) is 28.0 Å². The van der Waals surface area contributed by atoms with Crippen LogP contribution in [0.2, 0.25) is 0 Å². The molecular formula is C20H25F3N4O5S. The molecule has 1 aliphatic heterocycles. The molecule has 0 aromatic carbocycles. The van der Waals surface area contributed by atoms with Crippen LogP contribution in [-0.2, 0) is 27.9 Å². The smallest absolute Gasteiger partial charge is 0.475 e. The number of hydrogen-bond acceptors (Lipinski definition) is 5. The molecule has 0 spiro atoms. The van der Waals surface area contributed by atoms with Crippen LogP contribution >= 0.6 is 0 Å².